The summed E-state index contributed by atoms with van der Waals surface area (Å²) in [4.78, 5) is 16.5. The van der Waals surface area contributed by atoms with E-state index in [1.54, 1.807) is 0 Å². The highest BCUT2D eigenvalue weighted by Gasteiger charge is 2.25. The van der Waals surface area contributed by atoms with Crippen LogP contribution in [0.25, 0.3) is 0 Å². The third-order valence-corrected chi connectivity index (χ3v) is 4.10. The van der Waals surface area contributed by atoms with Crippen molar-refractivity contribution < 1.29 is 9.32 Å². The van der Waals surface area contributed by atoms with Crippen LogP contribution in [0.5, 0.6) is 0 Å². The van der Waals surface area contributed by atoms with Gasteiger partial charge in [0.05, 0.1) is 6.42 Å². The molecule has 4 nitrogen and oxygen atoms in total. The van der Waals surface area contributed by atoms with Crippen molar-refractivity contribution in [3.8, 4) is 0 Å². The number of rotatable bonds is 3. The van der Waals surface area contributed by atoms with E-state index in [1.807, 2.05) is 20.8 Å². The molecule has 1 aromatic heterocycles. The Kier molecular flexibility index (Phi) is 4.95. The third kappa shape index (κ3) is 4.15. The second-order valence-corrected chi connectivity index (χ2v) is 6.94. The van der Waals surface area contributed by atoms with E-state index >= 15 is 0 Å². The summed E-state index contributed by atoms with van der Waals surface area (Å²) in [7, 11) is 0. The Bertz CT molecular complexity index is 438. The van der Waals surface area contributed by atoms with Crippen molar-refractivity contribution in [3.05, 3.63) is 11.7 Å². The van der Waals surface area contributed by atoms with Crippen LogP contribution in [0.1, 0.15) is 83.3 Å². The molecule has 1 aromatic rings. The van der Waals surface area contributed by atoms with Crippen molar-refractivity contribution in [2.45, 2.75) is 78.1 Å². The Hall–Kier alpha value is -1.19. The van der Waals surface area contributed by atoms with Gasteiger partial charge in [0.25, 0.3) is 0 Å². The molecule has 0 spiro atoms. The SMILES string of the molecule is CC(C)(C)C(=O)Cc1nc(C2CCCCCCC2)no1. The van der Waals surface area contributed by atoms with E-state index in [1.165, 1.54) is 32.1 Å². The van der Waals surface area contributed by atoms with Crippen molar-refractivity contribution in [2.24, 2.45) is 5.41 Å². The van der Waals surface area contributed by atoms with Gasteiger partial charge in [0, 0.05) is 11.3 Å². The summed E-state index contributed by atoms with van der Waals surface area (Å²) < 4.78 is 5.27. The van der Waals surface area contributed by atoms with Crippen LogP contribution >= 0.6 is 0 Å². The molecule has 1 saturated carbocycles. The Morgan fingerprint density at radius 2 is 1.75 bits per heavy atom. The number of hydrogen-bond acceptors (Lipinski definition) is 4. The smallest absolute Gasteiger partial charge is 0.234 e. The molecule has 0 amide bonds. The van der Waals surface area contributed by atoms with Crippen molar-refractivity contribution in [2.75, 3.05) is 0 Å². The van der Waals surface area contributed by atoms with Crippen molar-refractivity contribution in [3.63, 3.8) is 0 Å². The predicted octanol–water partition coefficient (Wildman–Crippen LogP) is 4.06. The van der Waals surface area contributed by atoms with Crippen LogP contribution in [-0.2, 0) is 11.2 Å². The molecule has 0 aliphatic heterocycles. The Labute approximate surface area is 121 Å². The van der Waals surface area contributed by atoms with E-state index in [-0.39, 0.29) is 17.6 Å². The molecule has 0 saturated heterocycles. The molecule has 0 unspecified atom stereocenters. The highest BCUT2D eigenvalue weighted by atomic mass is 16.5. The van der Waals surface area contributed by atoms with Crippen LogP contribution < -0.4 is 0 Å². The lowest BCUT2D eigenvalue weighted by atomic mass is 9.89. The van der Waals surface area contributed by atoms with E-state index in [0.717, 1.165) is 18.7 Å². The number of carbonyl (C=O) groups excluding carboxylic acids is 1. The summed E-state index contributed by atoms with van der Waals surface area (Å²) in [6.45, 7) is 5.75. The first-order valence-corrected chi connectivity index (χ1v) is 7.82. The van der Waals surface area contributed by atoms with Gasteiger partial charge in [0.15, 0.2) is 5.82 Å². The van der Waals surface area contributed by atoms with Gasteiger partial charge in [-0.1, -0.05) is 58.0 Å². The lowest BCUT2D eigenvalue weighted by Gasteiger charge is -2.16. The second kappa shape index (κ2) is 6.51. The fourth-order valence-electron chi connectivity index (χ4n) is 2.62. The summed E-state index contributed by atoms with van der Waals surface area (Å²) in [6, 6.07) is 0. The number of nitrogens with zero attached hydrogens (tertiary/aromatic N) is 2. The fourth-order valence-corrected chi connectivity index (χ4v) is 2.62. The number of ketones is 1. The van der Waals surface area contributed by atoms with Gasteiger partial charge in [-0.25, -0.2) is 0 Å². The molecule has 0 atom stereocenters. The second-order valence-electron chi connectivity index (χ2n) is 6.94. The lowest BCUT2D eigenvalue weighted by Crippen LogP contribution is -2.22. The molecule has 1 fully saturated rings. The Morgan fingerprint density at radius 1 is 1.15 bits per heavy atom. The predicted molar refractivity (Wildman–Crippen MR) is 77.5 cm³/mol. The molecular weight excluding hydrogens is 252 g/mol. The van der Waals surface area contributed by atoms with Gasteiger partial charge in [-0.2, -0.15) is 4.98 Å². The highest BCUT2D eigenvalue weighted by molar-refractivity contribution is 5.84. The van der Waals surface area contributed by atoms with Crippen LogP contribution in [0.15, 0.2) is 4.52 Å². The zero-order valence-corrected chi connectivity index (χ0v) is 12.9. The molecule has 0 radical (unpaired) electrons. The van der Waals surface area contributed by atoms with Gasteiger partial charge >= 0.3 is 0 Å². The summed E-state index contributed by atoms with van der Waals surface area (Å²) >= 11 is 0. The average Bonchev–Trinajstić information content (AvgIpc) is 2.75. The van der Waals surface area contributed by atoms with Gasteiger partial charge in [0.2, 0.25) is 5.89 Å². The van der Waals surface area contributed by atoms with Crippen molar-refractivity contribution in [1.29, 1.82) is 0 Å². The molecule has 1 heterocycles. The van der Waals surface area contributed by atoms with E-state index in [4.69, 9.17) is 4.52 Å². The molecule has 0 aromatic carbocycles. The van der Waals surface area contributed by atoms with Crippen molar-refractivity contribution >= 4 is 5.78 Å². The van der Waals surface area contributed by atoms with Gasteiger partial charge in [-0.05, 0) is 12.8 Å². The zero-order valence-electron chi connectivity index (χ0n) is 12.9. The van der Waals surface area contributed by atoms with E-state index in [2.05, 4.69) is 10.1 Å². The first-order chi connectivity index (χ1) is 9.47. The highest BCUT2D eigenvalue weighted by Crippen LogP contribution is 2.29. The lowest BCUT2D eigenvalue weighted by molar-refractivity contribution is -0.125. The van der Waals surface area contributed by atoms with E-state index < -0.39 is 0 Å². The number of aromatic nitrogens is 2. The van der Waals surface area contributed by atoms with E-state index in [0.29, 0.717) is 11.8 Å². The minimum Gasteiger partial charge on any atom is -0.339 e. The molecule has 112 valence electrons. The normalized spacial score (nSPS) is 18.6. The number of Topliss-reactive ketones (excluding diaryl/α,β-unsaturated/α-hetero) is 1. The minimum atomic E-state index is -0.352. The van der Waals surface area contributed by atoms with Gasteiger partial charge < -0.3 is 4.52 Å². The summed E-state index contributed by atoms with van der Waals surface area (Å²) in [5.74, 6) is 1.84. The van der Waals surface area contributed by atoms with Gasteiger partial charge in [0.1, 0.15) is 5.78 Å². The number of hydrogen-bond donors (Lipinski definition) is 0. The maximum Gasteiger partial charge on any atom is 0.234 e. The van der Waals surface area contributed by atoms with Crippen LogP contribution in [0.4, 0.5) is 0 Å². The maximum absolute atomic E-state index is 12.0. The minimum absolute atomic E-state index is 0.144. The third-order valence-electron chi connectivity index (χ3n) is 4.10. The first kappa shape index (κ1) is 15.2. The standard InChI is InChI=1S/C16H26N2O2/c1-16(2,3)13(19)11-14-17-15(18-20-14)12-9-7-5-4-6-8-10-12/h12H,4-11H2,1-3H3. The zero-order chi connectivity index (χ0) is 14.6. The van der Waals surface area contributed by atoms with Crippen molar-refractivity contribution in [1.82, 2.24) is 10.1 Å². The molecule has 1 aliphatic carbocycles. The Balaban J connectivity index is 1.98. The van der Waals surface area contributed by atoms with Crippen LogP contribution in [0.2, 0.25) is 0 Å². The average molecular weight is 278 g/mol. The molecule has 1 aliphatic rings. The summed E-state index contributed by atoms with van der Waals surface area (Å²) in [5, 5.41) is 4.11. The summed E-state index contributed by atoms with van der Waals surface area (Å²) in [6.07, 6.45) is 9.00. The monoisotopic (exact) mass is 278 g/mol. The molecule has 0 bridgehead atoms. The van der Waals surface area contributed by atoms with Crippen LogP contribution in [0.3, 0.4) is 0 Å². The molecule has 2 rings (SSSR count). The summed E-state index contributed by atoms with van der Waals surface area (Å²) in [5.41, 5.74) is -0.352. The molecule has 0 N–H and O–H groups in total. The first-order valence-electron chi connectivity index (χ1n) is 7.82. The van der Waals surface area contributed by atoms with Gasteiger partial charge in [-0.3, -0.25) is 4.79 Å². The molecular formula is C16H26N2O2. The fraction of sp³-hybridized carbons (Fsp3) is 0.812. The molecule has 4 heteroatoms. The largest absolute Gasteiger partial charge is 0.339 e. The van der Waals surface area contributed by atoms with E-state index in [9.17, 15) is 4.79 Å². The van der Waals surface area contributed by atoms with Crippen LogP contribution in [-0.4, -0.2) is 15.9 Å². The number of carbonyl (C=O) groups is 1. The quantitative estimate of drug-likeness (QED) is 0.836. The molecule has 20 heavy (non-hydrogen) atoms. The van der Waals surface area contributed by atoms with Crippen LogP contribution in [0, 0.1) is 5.41 Å². The maximum atomic E-state index is 12.0. The topological polar surface area (TPSA) is 56.0 Å². The Morgan fingerprint density at radius 3 is 2.35 bits per heavy atom. The van der Waals surface area contributed by atoms with Gasteiger partial charge in [-0.15, -0.1) is 0 Å².